The molecule has 0 amide bonds. The molecule has 1 N–H and O–H groups in total. The molecule has 0 fully saturated rings. The van der Waals surface area contributed by atoms with Crippen LogP contribution >= 0.6 is 34.5 Å². The molecule has 2 heterocycles. The number of rotatable bonds is 3. The third-order valence-electron chi connectivity index (χ3n) is 2.15. The molecule has 0 aliphatic carbocycles. The molecule has 1 atom stereocenters. The Balaban J connectivity index is 2.41. The van der Waals surface area contributed by atoms with Crippen molar-refractivity contribution in [3.63, 3.8) is 0 Å². The summed E-state index contributed by atoms with van der Waals surface area (Å²) in [6.07, 6.45) is 1.57. The van der Waals surface area contributed by atoms with Gasteiger partial charge < -0.3 is 9.73 Å². The second kappa shape index (κ2) is 4.58. The standard InChI is InChI=1S/C10H9Cl2NOS/c1-13-8(6-2-4-14-10(6)12)9-7(11)3-5-15-9/h2-5,8,13H,1H3. The Labute approximate surface area is 102 Å². The number of thiophene rings is 1. The van der Waals surface area contributed by atoms with Crippen LogP contribution in [0.1, 0.15) is 16.5 Å². The summed E-state index contributed by atoms with van der Waals surface area (Å²) < 4.78 is 5.07. The molecule has 0 bridgehead atoms. The van der Waals surface area contributed by atoms with Gasteiger partial charge in [-0.2, -0.15) is 0 Å². The Kier molecular flexibility index (Phi) is 3.36. The van der Waals surface area contributed by atoms with Crippen molar-refractivity contribution in [3.05, 3.63) is 44.5 Å². The van der Waals surface area contributed by atoms with E-state index in [1.165, 1.54) is 0 Å². The van der Waals surface area contributed by atoms with Crippen LogP contribution in [0.15, 0.2) is 28.2 Å². The molecule has 2 rings (SSSR count). The normalized spacial score (nSPS) is 13.0. The van der Waals surface area contributed by atoms with E-state index in [1.54, 1.807) is 17.6 Å². The Morgan fingerprint density at radius 1 is 1.40 bits per heavy atom. The quantitative estimate of drug-likeness (QED) is 0.905. The Morgan fingerprint density at radius 2 is 2.20 bits per heavy atom. The van der Waals surface area contributed by atoms with Crippen molar-refractivity contribution in [1.29, 1.82) is 0 Å². The van der Waals surface area contributed by atoms with Gasteiger partial charge in [-0.05, 0) is 36.2 Å². The molecule has 15 heavy (non-hydrogen) atoms. The molecule has 0 radical (unpaired) electrons. The lowest BCUT2D eigenvalue weighted by atomic mass is 10.1. The average Bonchev–Trinajstić information content (AvgIpc) is 2.80. The van der Waals surface area contributed by atoms with Crippen LogP contribution in [0.25, 0.3) is 0 Å². The second-order valence-electron chi connectivity index (χ2n) is 3.00. The van der Waals surface area contributed by atoms with Gasteiger partial charge in [0.2, 0.25) is 0 Å². The maximum Gasteiger partial charge on any atom is 0.198 e. The summed E-state index contributed by atoms with van der Waals surface area (Å²) in [5.41, 5.74) is 0.906. The third-order valence-corrected chi connectivity index (χ3v) is 3.88. The van der Waals surface area contributed by atoms with Gasteiger partial charge in [0.1, 0.15) is 0 Å². The predicted molar refractivity (Wildman–Crippen MR) is 63.9 cm³/mol. The molecule has 1 unspecified atom stereocenters. The van der Waals surface area contributed by atoms with E-state index >= 15 is 0 Å². The Bertz CT molecular complexity index is 411. The Morgan fingerprint density at radius 3 is 2.67 bits per heavy atom. The highest BCUT2D eigenvalue weighted by molar-refractivity contribution is 7.10. The van der Waals surface area contributed by atoms with Crippen molar-refractivity contribution in [3.8, 4) is 0 Å². The number of furan rings is 1. The molecule has 0 spiro atoms. The summed E-state index contributed by atoms with van der Waals surface area (Å²) in [5, 5.41) is 6.27. The molecule has 2 nitrogen and oxygen atoms in total. The first-order valence-corrected chi connectivity index (χ1v) is 6.00. The molecular formula is C10H9Cl2NOS. The van der Waals surface area contributed by atoms with Crippen LogP contribution in [0.3, 0.4) is 0 Å². The van der Waals surface area contributed by atoms with Gasteiger partial charge in [-0.1, -0.05) is 11.6 Å². The average molecular weight is 262 g/mol. The minimum absolute atomic E-state index is 0.0104. The SMILES string of the molecule is CNC(c1ccoc1Cl)c1sccc1Cl. The number of halogens is 2. The van der Waals surface area contributed by atoms with E-state index in [-0.39, 0.29) is 6.04 Å². The van der Waals surface area contributed by atoms with E-state index in [2.05, 4.69) is 5.32 Å². The van der Waals surface area contributed by atoms with Crippen molar-refractivity contribution in [2.45, 2.75) is 6.04 Å². The molecule has 5 heteroatoms. The van der Waals surface area contributed by atoms with Gasteiger partial charge >= 0.3 is 0 Å². The van der Waals surface area contributed by atoms with E-state index < -0.39 is 0 Å². The molecule has 80 valence electrons. The summed E-state index contributed by atoms with van der Waals surface area (Å²) in [4.78, 5) is 1.04. The van der Waals surface area contributed by atoms with E-state index in [0.29, 0.717) is 5.22 Å². The van der Waals surface area contributed by atoms with Gasteiger partial charge in [-0.3, -0.25) is 0 Å². The van der Waals surface area contributed by atoms with E-state index in [1.807, 2.05) is 24.6 Å². The first-order chi connectivity index (χ1) is 7.24. The molecule has 0 aliphatic rings. The van der Waals surface area contributed by atoms with Gasteiger partial charge in [0.15, 0.2) is 5.22 Å². The highest BCUT2D eigenvalue weighted by atomic mass is 35.5. The summed E-state index contributed by atoms with van der Waals surface area (Å²) in [6, 6.07) is 3.71. The van der Waals surface area contributed by atoms with E-state index in [4.69, 9.17) is 27.6 Å². The van der Waals surface area contributed by atoms with Crippen LogP contribution in [0, 0.1) is 0 Å². The maximum atomic E-state index is 6.08. The van der Waals surface area contributed by atoms with Crippen molar-refractivity contribution in [1.82, 2.24) is 5.32 Å². The predicted octanol–water partition coefficient (Wildman–Crippen LogP) is 3.96. The van der Waals surface area contributed by atoms with E-state index in [9.17, 15) is 0 Å². The summed E-state index contributed by atoms with van der Waals surface area (Å²) in [6.45, 7) is 0. The van der Waals surface area contributed by atoms with Crippen LogP contribution in [-0.4, -0.2) is 7.05 Å². The summed E-state index contributed by atoms with van der Waals surface area (Å²) in [5.74, 6) is 0. The van der Waals surface area contributed by atoms with E-state index in [0.717, 1.165) is 15.5 Å². The highest BCUT2D eigenvalue weighted by Crippen LogP contribution is 2.35. The fraction of sp³-hybridized carbons (Fsp3) is 0.200. The highest BCUT2D eigenvalue weighted by Gasteiger charge is 2.20. The van der Waals surface area contributed by atoms with Gasteiger partial charge in [-0.15, -0.1) is 11.3 Å². The van der Waals surface area contributed by atoms with Crippen molar-refractivity contribution in [2.24, 2.45) is 0 Å². The molecular weight excluding hydrogens is 253 g/mol. The molecule has 0 aliphatic heterocycles. The lowest BCUT2D eigenvalue weighted by Crippen LogP contribution is -2.16. The molecule has 0 saturated carbocycles. The smallest absolute Gasteiger partial charge is 0.198 e. The fourth-order valence-corrected chi connectivity index (χ4v) is 2.97. The lowest BCUT2D eigenvalue weighted by molar-refractivity contribution is 0.560. The van der Waals surface area contributed by atoms with Crippen molar-refractivity contribution in [2.75, 3.05) is 7.05 Å². The zero-order valence-corrected chi connectivity index (χ0v) is 10.3. The first-order valence-electron chi connectivity index (χ1n) is 4.37. The monoisotopic (exact) mass is 261 g/mol. The third kappa shape index (κ3) is 2.06. The van der Waals surface area contributed by atoms with Crippen molar-refractivity contribution >= 4 is 34.5 Å². The van der Waals surface area contributed by atoms with Crippen LogP contribution < -0.4 is 5.32 Å². The van der Waals surface area contributed by atoms with Crippen LogP contribution in [0.2, 0.25) is 10.2 Å². The lowest BCUT2D eigenvalue weighted by Gasteiger charge is -2.13. The molecule has 0 aromatic carbocycles. The Hall–Kier alpha value is -0.480. The van der Waals surface area contributed by atoms with Crippen LogP contribution in [-0.2, 0) is 0 Å². The zero-order valence-electron chi connectivity index (χ0n) is 7.96. The summed E-state index contributed by atoms with van der Waals surface area (Å²) >= 11 is 13.6. The van der Waals surface area contributed by atoms with Gasteiger partial charge in [0.05, 0.1) is 17.3 Å². The molecule has 0 saturated heterocycles. The second-order valence-corrected chi connectivity index (χ2v) is 4.70. The number of hydrogen-bond donors (Lipinski definition) is 1. The maximum absolute atomic E-state index is 6.08. The minimum Gasteiger partial charge on any atom is -0.453 e. The summed E-state index contributed by atoms with van der Waals surface area (Å²) in [7, 11) is 1.87. The first kappa shape index (κ1) is 11.0. The van der Waals surface area contributed by atoms with Crippen LogP contribution in [0.5, 0.6) is 0 Å². The van der Waals surface area contributed by atoms with Crippen LogP contribution in [0.4, 0.5) is 0 Å². The number of hydrogen-bond acceptors (Lipinski definition) is 3. The van der Waals surface area contributed by atoms with Gasteiger partial charge in [0, 0.05) is 10.4 Å². The fourth-order valence-electron chi connectivity index (χ4n) is 1.45. The molecule has 2 aromatic rings. The van der Waals surface area contributed by atoms with Gasteiger partial charge in [0.25, 0.3) is 0 Å². The largest absolute Gasteiger partial charge is 0.453 e. The zero-order chi connectivity index (χ0) is 10.8. The minimum atomic E-state index is -0.0104. The van der Waals surface area contributed by atoms with Crippen molar-refractivity contribution < 1.29 is 4.42 Å². The van der Waals surface area contributed by atoms with Gasteiger partial charge in [-0.25, -0.2) is 0 Å². The molecule has 2 aromatic heterocycles. The number of nitrogens with one attached hydrogen (secondary N) is 1. The topological polar surface area (TPSA) is 25.2 Å².